The molecule has 0 unspecified atom stereocenters. The molecule has 0 saturated carbocycles. The smallest absolute Gasteiger partial charge is 0.404 e. The van der Waals surface area contributed by atoms with Crippen LogP contribution in [-0.4, -0.2) is 6.09 Å². The van der Waals surface area contributed by atoms with Gasteiger partial charge in [-0.25, -0.2) is 9.18 Å². The second kappa shape index (κ2) is 4.09. The molecule has 70 valence electrons. The predicted octanol–water partition coefficient (Wildman–Crippen LogP) is 2.07. The van der Waals surface area contributed by atoms with Gasteiger partial charge in [-0.05, 0) is 12.1 Å². The SMILES string of the molecule is NC(=O)OCc1ccc(Cl)cc1F. The molecule has 0 atom stereocenters. The van der Waals surface area contributed by atoms with Crippen molar-refractivity contribution in [3.05, 3.63) is 34.6 Å². The topological polar surface area (TPSA) is 52.3 Å². The summed E-state index contributed by atoms with van der Waals surface area (Å²) in [6.07, 6.45) is -0.936. The second-order valence-corrected chi connectivity index (χ2v) is 2.78. The lowest BCUT2D eigenvalue weighted by atomic mass is 10.2. The number of hydrogen-bond donors (Lipinski definition) is 1. The van der Waals surface area contributed by atoms with Crippen molar-refractivity contribution < 1.29 is 13.9 Å². The first-order chi connectivity index (χ1) is 6.09. The summed E-state index contributed by atoms with van der Waals surface area (Å²) in [5.41, 5.74) is 4.95. The average molecular weight is 204 g/mol. The Hall–Kier alpha value is -1.29. The molecule has 1 amide bonds. The second-order valence-electron chi connectivity index (χ2n) is 2.34. The Morgan fingerprint density at radius 2 is 2.31 bits per heavy atom. The van der Waals surface area contributed by atoms with E-state index in [2.05, 4.69) is 4.74 Å². The molecule has 1 aromatic carbocycles. The van der Waals surface area contributed by atoms with Crippen LogP contribution in [0.4, 0.5) is 9.18 Å². The molecule has 5 heteroatoms. The van der Waals surface area contributed by atoms with E-state index in [1.54, 1.807) is 0 Å². The van der Waals surface area contributed by atoms with Gasteiger partial charge in [0.05, 0.1) is 0 Å². The highest BCUT2D eigenvalue weighted by molar-refractivity contribution is 6.30. The summed E-state index contributed by atoms with van der Waals surface area (Å²) < 4.78 is 17.4. The lowest BCUT2D eigenvalue weighted by molar-refractivity contribution is 0.149. The molecule has 0 spiro atoms. The normalized spacial score (nSPS) is 9.69. The Labute approximate surface area is 79.2 Å². The zero-order chi connectivity index (χ0) is 9.84. The van der Waals surface area contributed by atoms with Crippen LogP contribution in [0.5, 0.6) is 0 Å². The molecule has 0 heterocycles. The molecule has 0 aliphatic rings. The number of halogens is 2. The molecular formula is C8H7ClFNO2. The number of primary amides is 1. The van der Waals surface area contributed by atoms with Crippen molar-refractivity contribution in [1.82, 2.24) is 0 Å². The fourth-order valence-corrected chi connectivity index (χ4v) is 0.946. The number of hydrogen-bond acceptors (Lipinski definition) is 2. The van der Waals surface area contributed by atoms with Crippen LogP contribution in [0.15, 0.2) is 18.2 Å². The van der Waals surface area contributed by atoms with Crippen LogP contribution < -0.4 is 5.73 Å². The number of nitrogens with two attached hydrogens (primary N) is 1. The van der Waals surface area contributed by atoms with Crippen molar-refractivity contribution in [2.24, 2.45) is 5.73 Å². The van der Waals surface area contributed by atoms with Crippen molar-refractivity contribution in [1.29, 1.82) is 0 Å². The van der Waals surface area contributed by atoms with Crippen LogP contribution in [-0.2, 0) is 11.3 Å². The van der Waals surface area contributed by atoms with E-state index >= 15 is 0 Å². The summed E-state index contributed by atoms with van der Waals surface area (Å²) in [5.74, 6) is -0.520. The summed E-state index contributed by atoms with van der Waals surface area (Å²) in [7, 11) is 0. The van der Waals surface area contributed by atoms with Crippen LogP contribution in [0.3, 0.4) is 0 Å². The molecule has 2 N–H and O–H groups in total. The van der Waals surface area contributed by atoms with Gasteiger partial charge in [-0.1, -0.05) is 17.7 Å². The van der Waals surface area contributed by atoms with E-state index in [9.17, 15) is 9.18 Å². The standard InChI is InChI=1S/C8H7ClFNO2/c9-6-2-1-5(7(10)3-6)4-13-8(11)12/h1-3H,4H2,(H2,11,12). The van der Waals surface area contributed by atoms with Crippen molar-refractivity contribution in [3.63, 3.8) is 0 Å². The monoisotopic (exact) mass is 203 g/mol. The van der Waals surface area contributed by atoms with Crippen molar-refractivity contribution in [2.75, 3.05) is 0 Å². The van der Waals surface area contributed by atoms with Crippen molar-refractivity contribution >= 4 is 17.7 Å². The van der Waals surface area contributed by atoms with Gasteiger partial charge in [0.1, 0.15) is 12.4 Å². The number of rotatable bonds is 2. The summed E-state index contributed by atoms with van der Waals surface area (Å²) in [5, 5.41) is 0.292. The molecule has 0 aliphatic heterocycles. The third kappa shape index (κ3) is 2.91. The van der Waals surface area contributed by atoms with E-state index < -0.39 is 11.9 Å². The summed E-state index contributed by atoms with van der Waals surface area (Å²) in [6.45, 7) is -0.182. The molecular weight excluding hydrogens is 197 g/mol. The number of ether oxygens (including phenoxy) is 1. The van der Waals surface area contributed by atoms with Crippen LogP contribution in [0, 0.1) is 5.82 Å². The molecule has 0 saturated heterocycles. The minimum atomic E-state index is -0.936. The minimum Gasteiger partial charge on any atom is -0.445 e. The summed E-state index contributed by atoms with van der Waals surface area (Å²) in [6, 6.07) is 4.08. The number of carbonyl (C=O) groups is 1. The van der Waals surface area contributed by atoms with E-state index in [1.165, 1.54) is 12.1 Å². The van der Waals surface area contributed by atoms with E-state index in [-0.39, 0.29) is 12.2 Å². The summed E-state index contributed by atoms with van der Waals surface area (Å²) >= 11 is 5.51. The zero-order valence-corrected chi connectivity index (χ0v) is 7.34. The Kier molecular flexibility index (Phi) is 3.08. The summed E-state index contributed by atoms with van der Waals surface area (Å²) in [4.78, 5) is 10.2. The van der Waals surface area contributed by atoms with Gasteiger partial charge in [0, 0.05) is 10.6 Å². The first-order valence-electron chi connectivity index (χ1n) is 3.46. The van der Waals surface area contributed by atoms with Crippen LogP contribution in [0.2, 0.25) is 5.02 Å². The van der Waals surface area contributed by atoms with Gasteiger partial charge in [-0.15, -0.1) is 0 Å². The maximum absolute atomic E-state index is 13.0. The van der Waals surface area contributed by atoms with E-state index in [0.29, 0.717) is 5.02 Å². The molecule has 1 aromatic rings. The highest BCUT2D eigenvalue weighted by Crippen LogP contribution is 2.15. The zero-order valence-electron chi connectivity index (χ0n) is 6.59. The predicted molar refractivity (Wildman–Crippen MR) is 45.8 cm³/mol. The van der Waals surface area contributed by atoms with E-state index in [1.807, 2.05) is 0 Å². The minimum absolute atomic E-state index is 0.182. The van der Waals surface area contributed by atoms with Crippen LogP contribution in [0.1, 0.15) is 5.56 Å². The third-order valence-corrected chi connectivity index (χ3v) is 1.62. The van der Waals surface area contributed by atoms with E-state index in [4.69, 9.17) is 17.3 Å². The van der Waals surface area contributed by atoms with Gasteiger partial charge < -0.3 is 10.5 Å². The molecule has 0 fully saturated rings. The molecule has 0 bridgehead atoms. The van der Waals surface area contributed by atoms with Gasteiger partial charge in [0.2, 0.25) is 0 Å². The Morgan fingerprint density at radius 3 is 2.85 bits per heavy atom. The quantitative estimate of drug-likeness (QED) is 0.800. The van der Waals surface area contributed by atoms with Crippen molar-refractivity contribution in [3.8, 4) is 0 Å². The number of carbonyl (C=O) groups excluding carboxylic acids is 1. The third-order valence-electron chi connectivity index (χ3n) is 1.39. The van der Waals surface area contributed by atoms with E-state index in [0.717, 1.165) is 6.07 Å². The highest BCUT2D eigenvalue weighted by Gasteiger charge is 2.04. The maximum atomic E-state index is 13.0. The van der Waals surface area contributed by atoms with Gasteiger partial charge in [0.25, 0.3) is 0 Å². The molecule has 0 radical (unpaired) electrons. The lowest BCUT2D eigenvalue weighted by Gasteiger charge is -2.02. The van der Waals surface area contributed by atoms with Gasteiger partial charge >= 0.3 is 6.09 Å². The lowest BCUT2D eigenvalue weighted by Crippen LogP contribution is -2.13. The molecule has 3 nitrogen and oxygen atoms in total. The first-order valence-corrected chi connectivity index (χ1v) is 3.83. The van der Waals surface area contributed by atoms with Crippen LogP contribution >= 0.6 is 11.6 Å². The maximum Gasteiger partial charge on any atom is 0.404 e. The van der Waals surface area contributed by atoms with Gasteiger partial charge in [-0.2, -0.15) is 0 Å². The Bertz CT molecular complexity index is 330. The Balaban J connectivity index is 2.72. The molecule has 1 rings (SSSR count). The Morgan fingerprint density at radius 1 is 1.62 bits per heavy atom. The van der Waals surface area contributed by atoms with Gasteiger partial charge in [0.15, 0.2) is 0 Å². The van der Waals surface area contributed by atoms with Crippen molar-refractivity contribution in [2.45, 2.75) is 6.61 Å². The fraction of sp³-hybridized carbons (Fsp3) is 0.125. The van der Waals surface area contributed by atoms with Crippen LogP contribution in [0.25, 0.3) is 0 Å². The molecule has 0 aliphatic carbocycles. The van der Waals surface area contributed by atoms with Gasteiger partial charge in [-0.3, -0.25) is 0 Å². The number of amides is 1. The molecule has 0 aromatic heterocycles. The highest BCUT2D eigenvalue weighted by atomic mass is 35.5. The first kappa shape index (κ1) is 9.80. The molecule has 13 heavy (non-hydrogen) atoms. The number of benzene rings is 1. The average Bonchev–Trinajstić information content (AvgIpc) is 2.02. The largest absolute Gasteiger partial charge is 0.445 e. The fourth-order valence-electron chi connectivity index (χ4n) is 0.788.